The fraction of sp³-hybridized carbons (Fsp3) is 1.00. The highest BCUT2D eigenvalue weighted by Crippen LogP contribution is 2.13. The number of piperidine rings is 1. The first-order chi connectivity index (χ1) is 7.67. The quantitative estimate of drug-likeness (QED) is 0.648. The van der Waals surface area contributed by atoms with E-state index in [1.165, 1.54) is 0 Å². The topological polar surface area (TPSA) is 46.6 Å². The minimum atomic E-state index is -3.16. The standard InChI is InChI=1S/C11H23NO3S/c1-2-3-7-10-15-11-16(13,14)12-8-5-4-6-9-12/h2-11H2,1H3. The molecular formula is C11H23NO3S. The molecule has 1 fully saturated rings. The molecule has 0 aliphatic carbocycles. The Morgan fingerprint density at radius 2 is 1.81 bits per heavy atom. The Morgan fingerprint density at radius 1 is 1.12 bits per heavy atom. The van der Waals surface area contributed by atoms with Gasteiger partial charge in [0.1, 0.15) is 0 Å². The van der Waals surface area contributed by atoms with Crippen LogP contribution in [0.5, 0.6) is 0 Å². The molecule has 1 aliphatic rings. The van der Waals surface area contributed by atoms with Crippen LogP contribution in [0.1, 0.15) is 45.4 Å². The van der Waals surface area contributed by atoms with Gasteiger partial charge in [0.15, 0.2) is 5.94 Å². The lowest BCUT2D eigenvalue weighted by molar-refractivity contribution is 0.165. The lowest BCUT2D eigenvalue weighted by Crippen LogP contribution is -2.37. The predicted molar refractivity (Wildman–Crippen MR) is 64.7 cm³/mol. The number of nitrogens with zero attached hydrogens (tertiary/aromatic N) is 1. The van der Waals surface area contributed by atoms with Crippen LogP contribution in [0.3, 0.4) is 0 Å². The molecule has 0 radical (unpaired) electrons. The molecule has 0 saturated carbocycles. The van der Waals surface area contributed by atoms with Gasteiger partial charge in [0, 0.05) is 19.7 Å². The van der Waals surface area contributed by atoms with Crippen molar-refractivity contribution in [3.8, 4) is 0 Å². The molecule has 0 aromatic rings. The summed E-state index contributed by atoms with van der Waals surface area (Å²) < 4.78 is 30.4. The van der Waals surface area contributed by atoms with Crippen molar-refractivity contribution in [2.24, 2.45) is 0 Å². The molecule has 0 N–H and O–H groups in total. The molecule has 0 spiro atoms. The van der Waals surface area contributed by atoms with Crippen LogP contribution in [-0.4, -0.2) is 38.4 Å². The second-order valence-electron chi connectivity index (χ2n) is 4.30. The van der Waals surface area contributed by atoms with Gasteiger partial charge in [0.05, 0.1) is 0 Å². The van der Waals surface area contributed by atoms with Crippen LogP contribution >= 0.6 is 0 Å². The molecular weight excluding hydrogens is 226 g/mol. The molecule has 4 nitrogen and oxygen atoms in total. The Balaban J connectivity index is 2.22. The third kappa shape index (κ3) is 4.80. The van der Waals surface area contributed by atoms with Crippen molar-refractivity contribution in [2.45, 2.75) is 45.4 Å². The van der Waals surface area contributed by atoms with Gasteiger partial charge in [-0.15, -0.1) is 0 Å². The molecule has 5 heteroatoms. The van der Waals surface area contributed by atoms with Gasteiger partial charge < -0.3 is 4.74 Å². The number of hydrogen-bond donors (Lipinski definition) is 0. The summed E-state index contributed by atoms with van der Waals surface area (Å²) in [6.07, 6.45) is 6.28. The van der Waals surface area contributed by atoms with Crippen LogP contribution in [0.2, 0.25) is 0 Å². The first-order valence-corrected chi connectivity index (χ1v) is 7.83. The van der Waals surface area contributed by atoms with Crippen LogP contribution in [0, 0.1) is 0 Å². The van der Waals surface area contributed by atoms with Crippen molar-refractivity contribution >= 4 is 10.0 Å². The van der Waals surface area contributed by atoms with Crippen LogP contribution in [-0.2, 0) is 14.8 Å². The Hall–Kier alpha value is -0.130. The highest BCUT2D eigenvalue weighted by molar-refractivity contribution is 7.88. The van der Waals surface area contributed by atoms with Gasteiger partial charge in [-0.25, -0.2) is 8.42 Å². The summed E-state index contributed by atoms with van der Waals surface area (Å²) in [7, 11) is -3.16. The smallest absolute Gasteiger partial charge is 0.238 e. The molecule has 1 aliphatic heterocycles. The number of ether oxygens (including phenoxy) is 1. The van der Waals surface area contributed by atoms with Crippen molar-refractivity contribution in [1.82, 2.24) is 4.31 Å². The minimum absolute atomic E-state index is 0.142. The van der Waals surface area contributed by atoms with Gasteiger partial charge in [-0.05, 0) is 19.3 Å². The maximum atomic E-state index is 11.8. The lowest BCUT2D eigenvalue weighted by Gasteiger charge is -2.25. The molecule has 1 saturated heterocycles. The average Bonchev–Trinajstić information content (AvgIpc) is 2.30. The first-order valence-electron chi connectivity index (χ1n) is 6.22. The molecule has 0 bridgehead atoms. The first kappa shape index (κ1) is 13.9. The van der Waals surface area contributed by atoms with Gasteiger partial charge >= 0.3 is 0 Å². The number of sulfonamides is 1. The van der Waals surface area contributed by atoms with E-state index in [0.717, 1.165) is 38.5 Å². The molecule has 1 heterocycles. The van der Waals surface area contributed by atoms with Crippen LogP contribution in [0.25, 0.3) is 0 Å². The second kappa shape index (κ2) is 7.25. The molecule has 0 amide bonds. The van der Waals surface area contributed by atoms with Gasteiger partial charge in [-0.3, -0.25) is 0 Å². The maximum absolute atomic E-state index is 11.8. The second-order valence-corrected chi connectivity index (χ2v) is 6.22. The third-order valence-electron chi connectivity index (χ3n) is 2.83. The van der Waals surface area contributed by atoms with E-state index in [1.54, 1.807) is 4.31 Å². The van der Waals surface area contributed by atoms with E-state index in [9.17, 15) is 8.42 Å². The predicted octanol–water partition coefficient (Wildman–Crippen LogP) is 1.97. The average molecular weight is 249 g/mol. The van der Waals surface area contributed by atoms with E-state index in [-0.39, 0.29) is 5.94 Å². The van der Waals surface area contributed by atoms with E-state index in [2.05, 4.69) is 6.92 Å². The maximum Gasteiger partial charge on any atom is 0.238 e. The van der Waals surface area contributed by atoms with Crippen LogP contribution in [0.4, 0.5) is 0 Å². The van der Waals surface area contributed by atoms with Gasteiger partial charge in [-0.1, -0.05) is 26.2 Å². The minimum Gasteiger partial charge on any atom is -0.364 e. The summed E-state index contributed by atoms with van der Waals surface area (Å²) in [5, 5.41) is 0. The van der Waals surface area contributed by atoms with E-state index in [0.29, 0.717) is 19.7 Å². The molecule has 96 valence electrons. The van der Waals surface area contributed by atoms with Gasteiger partial charge in [0.2, 0.25) is 10.0 Å². The summed E-state index contributed by atoms with van der Waals surface area (Å²) in [5.41, 5.74) is 0. The van der Waals surface area contributed by atoms with Gasteiger partial charge in [-0.2, -0.15) is 4.31 Å². The Bertz CT molecular complexity index is 271. The summed E-state index contributed by atoms with van der Waals surface area (Å²) in [4.78, 5) is 0. The fourth-order valence-electron chi connectivity index (χ4n) is 1.84. The zero-order valence-electron chi connectivity index (χ0n) is 10.2. The van der Waals surface area contributed by atoms with Crippen molar-refractivity contribution in [2.75, 3.05) is 25.6 Å². The highest BCUT2D eigenvalue weighted by atomic mass is 32.2. The lowest BCUT2D eigenvalue weighted by atomic mass is 10.2. The van der Waals surface area contributed by atoms with Crippen molar-refractivity contribution in [1.29, 1.82) is 0 Å². The van der Waals surface area contributed by atoms with E-state index in [4.69, 9.17) is 4.74 Å². The third-order valence-corrected chi connectivity index (χ3v) is 4.45. The summed E-state index contributed by atoms with van der Waals surface area (Å²) in [5.74, 6) is -0.142. The van der Waals surface area contributed by atoms with Crippen molar-refractivity contribution in [3.63, 3.8) is 0 Å². The van der Waals surface area contributed by atoms with Crippen LogP contribution in [0.15, 0.2) is 0 Å². The van der Waals surface area contributed by atoms with Crippen LogP contribution < -0.4 is 0 Å². The largest absolute Gasteiger partial charge is 0.364 e. The number of hydrogen-bond acceptors (Lipinski definition) is 3. The summed E-state index contributed by atoms with van der Waals surface area (Å²) in [6, 6.07) is 0. The Labute approximate surface area is 99.0 Å². The number of rotatable bonds is 7. The molecule has 0 atom stereocenters. The zero-order valence-corrected chi connectivity index (χ0v) is 11.0. The zero-order chi connectivity index (χ0) is 11.9. The molecule has 1 rings (SSSR count). The van der Waals surface area contributed by atoms with E-state index < -0.39 is 10.0 Å². The monoisotopic (exact) mass is 249 g/mol. The molecule has 16 heavy (non-hydrogen) atoms. The van der Waals surface area contributed by atoms with Crippen molar-refractivity contribution in [3.05, 3.63) is 0 Å². The van der Waals surface area contributed by atoms with Gasteiger partial charge in [0.25, 0.3) is 0 Å². The fourth-order valence-corrected chi connectivity index (χ4v) is 3.13. The van der Waals surface area contributed by atoms with Crippen molar-refractivity contribution < 1.29 is 13.2 Å². The summed E-state index contributed by atoms with van der Waals surface area (Å²) >= 11 is 0. The Morgan fingerprint density at radius 3 is 2.44 bits per heavy atom. The molecule has 0 aromatic carbocycles. The summed E-state index contributed by atoms with van der Waals surface area (Å²) in [6.45, 7) is 4.01. The number of unbranched alkanes of at least 4 members (excludes halogenated alkanes) is 2. The normalized spacial score (nSPS) is 18.8. The molecule has 0 unspecified atom stereocenters. The highest BCUT2D eigenvalue weighted by Gasteiger charge is 2.23. The molecule has 0 aromatic heterocycles. The SMILES string of the molecule is CCCCCOCS(=O)(=O)N1CCCCC1. The Kier molecular flexibility index (Phi) is 6.31. The van der Waals surface area contributed by atoms with E-state index in [1.807, 2.05) is 0 Å². The van der Waals surface area contributed by atoms with E-state index >= 15 is 0 Å².